The van der Waals surface area contributed by atoms with Crippen molar-refractivity contribution >= 4 is 82.2 Å². The summed E-state index contributed by atoms with van der Waals surface area (Å²) in [6, 6.07) is 30.4. The van der Waals surface area contributed by atoms with Crippen LogP contribution in [-0.4, -0.2) is 54.9 Å². The molecule has 2 N–H and O–H groups in total. The number of benzene rings is 4. The first-order chi connectivity index (χ1) is 37.6. The molecule has 82 heavy (non-hydrogen) atoms. The standard InChI is InChI=1S/C19H26O3.C17H22O.C14H18O.C12H16O2.C7H14O2.Cl2OS/c1-12(2)13(3)15-8-10-16(11-9-15)17(20)14(4)18(21)22-19(5,6)7;1-11(2)13(5)15-7-9-16(10-8-15)17(18)14(6)12(3)4;1-5-14(15)13-8-6-12(7-9-13)11(4)10(2)3;1-8(2)9(3)10-4-6-11(7-5-10)12(13)14;1-5-6(8)9-7(2,3)4;1-4(2)3/h8-11,14H,1-7H3;7-10H,1-6H3;6-9H,5H2,1-4H3;4-7,12-14H,1-3H3;5H2,1-4H3;. The van der Waals surface area contributed by atoms with E-state index in [1.807, 2.05) is 121 Å². The summed E-state index contributed by atoms with van der Waals surface area (Å²) in [5.74, 6) is -1.30. The fourth-order valence-electron chi connectivity index (χ4n) is 6.53. The first-order valence-corrected chi connectivity index (χ1v) is 30.2. The molecule has 0 radical (unpaired) electrons. The molecule has 0 saturated carbocycles. The van der Waals surface area contributed by atoms with Crippen LogP contribution in [-0.2, 0) is 28.3 Å². The molecular weight excluding hydrogens is 1090 g/mol. The van der Waals surface area contributed by atoms with Crippen LogP contribution in [0.15, 0.2) is 131 Å². The lowest BCUT2D eigenvalue weighted by molar-refractivity contribution is -0.157. The van der Waals surface area contributed by atoms with Crippen molar-refractivity contribution in [3.63, 3.8) is 0 Å². The summed E-state index contributed by atoms with van der Waals surface area (Å²) in [5.41, 5.74) is 18.3. The van der Waals surface area contributed by atoms with Gasteiger partial charge in [-0.3, -0.25) is 24.0 Å². The fourth-order valence-corrected chi connectivity index (χ4v) is 6.53. The van der Waals surface area contributed by atoms with Gasteiger partial charge in [-0.1, -0.05) is 139 Å². The van der Waals surface area contributed by atoms with Crippen molar-refractivity contribution in [3.8, 4) is 0 Å². The van der Waals surface area contributed by atoms with Crippen molar-refractivity contribution in [2.75, 3.05) is 0 Å². The van der Waals surface area contributed by atoms with E-state index in [9.17, 15) is 24.0 Å². The first kappa shape index (κ1) is 78.2. The number of hydrogen-bond acceptors (Lipinski definition) is 10. The summed E-state index contributed by atoms with van der Waals surface area (Å²) in [4.78, 5) is 58.5. The van der Waals surface area contributed by atoms with Crippen molar-refractivity contribution in [1.82, 2.24) is 0 Å². The average molecular weight is 1190 g/mol. The molecule has 0 heterocycles. The largest absolute Gasteiger partial charge is 0.460 e. The van der Waals surface area contributed by atoms with E-state index in [4.69, 9.17) is 23.9 Å². The van der Waals surface area contributed by atoms with Gasteiger partial charge in [0.15, 0.2) is 23.6 Å². The molecule has 10 nitrogen and oxygen atoms in total. The lowest BCUT2D eigenvalue weighted by Crippen LogP contribution is -2.31. The van der Waals surface area contributed by atoms with E-state index >= 15 is 0 Å². The van der Waals surface area contributed by atoms with Crippen molar-refractivity contribution < 1.29 is 47.9 Å². The van der Waals surface area contributed by atoms with Crippen molar-refractivity contribution in [2.24, 2.45) is 5.92 Å². The quantitative estimate of drug-likeness (QED) is 0.0329. The summed E-state index contributed by atoms with van der Waals surface area (Å²) >= 11 is 0. The number of aliphatic hydroxyl groups excluding tert-OH is 1. The van der Waals surface area contributed by atoms with Crippen LogP contribution < -0.4 is 0 Å². The third-order valence-electron chi connectivity index (χ3n) is 12.7. The lowest BCUT2D eigenvalue weighted by Gasteiger charge is -2.21. The maximum Gasteiger partial charge on any atom is 0.317 e. The first-order valence-electron chi connectivity index (χ1n) is 27.4. The van der Waals surface area contributed by atoms with Crippen LogP contribution in [0.4, 0.5) is 0 Å². The topological polar surface area (TPSA) is 161 Å². The van der Waals surface area contributed by atoms with Gasteiger partial charge in [0.05, 0.1) is 0 Å². The number of Topliss-reactive ketones (excluding diaryl/α,β-unsaturated/α-hetero) is 3. The van der Waals surface area contributed by atoms with E-state index in [2.05, 4.69) is 104 Å². The molecule has 0 saturated heterocycles. The summed E-state index contributed by atoms with van der Waals surface area (Å²) in [6.45, 7) is 47.0. The van der Waals surface area contributed by atoms with Gasteiger partial charge in [0.1, 0.15) is 17.1 Å². The van der Waals surface area contributed by atoms with E-state index in [0.29, 0.717) is 24.0 Å². The van der Waals surface area contributed by atoms with Crippen LogP contribution in [0.1, 0.15) is 244 Å². The van der Waals surface area contributed by atoms with Gasteiger partial charge < -0.3 is 19.7 Å². The van der Waals surface area contributed by atoms with Gasteiger partial charge in [-0.2, -0.15) is 0 Å². The van der Waals surface area contributed by atoms with Gasteiger partial charge in [0, 0.05) is 56.5 Å². The molecule has 0 amide bonds. The predicted octanol–water partition coefficient (Wildman–Crippen LogP) is 19.1. The molecule has 0 aliphatic heterocycles. The Hall–Kier alpha value is -5.82. The van der Waals surface area contributed by atoms with E-state index in [-0.39, 0.29) is 28.9 Å². The van der Waals surface area contributed by atoms with Gasteiger partial charge >= 0.3 is 11.9 Å². The second kappa shape index (κ2) is 38.1. The molecule has 13 heteroatoms. The van der Waals surface area contributed by atoms with Gasteiger partial charge in [-0.15, -0.1) is 0 Å². The maximum absolute atomic E-state index is 12.4. The highest BCUT2D eigenvalue weighted by molar-refractivity contribution is 8.26. The van der Waals surface area contributed by atoms with Crippen molar-refractivity contribution in [1.29, 1.82) is 0 Å². The maximum atomic E-state index is 12.4. The minimum Gasteiger partial charge on any atom is -0.460 e. The SMILES string of the molecule is CC(C)=C(C)C(=O)c1ccc(C(C)=C(C)C)cc1.CC(C)=C(C)c1ccc(C(=O)C(C)C(=O)OC(C)(C)C)cc1.CC(C)=C(C)c1ccc(C(O)O)cc1.CCC(=O)OC(C)(C)C.CCC(=O)c1ccc(C(C)=C(C)C)cc1.O=S(Cl)Cl. The lowest BCUT2D eigenvalue weighted by atomic mass is 9.96. The molecule has 452 valence electrons. The second-order valence-corrected chi connectivity index (χ2v) is 25.2. The minimum atomic E-state index is -1.67. The van der Waals surface area contributed by atoms with Gasteiger partial charge in [0.2, 0.25) is 9.23 Å². The summed E-state index contributed by atoms with van der Waals surface area (Å²) in [7, 11) is 7.36. The monoisotopic (exact) mass is 1190 g/mol. The highest BCUT2D eigenvalue weighted by Crippen LogP contribution is 2.24. The zero-order valence-electron chi connectivity index (χ0n) is 53.6. The third-order valence-corrected chi connectivity index (χ3v) is 12.7. The zero-order valence-corrected chi connectivity index (χ0v) is 56.0. The van der Waals surface area contributed by atoms with Crippen LogP contribution in [0.2, 0.25) is 0 Å². The molecule has 0 aliphatic carbocycles. The minimum absolute atomic E-state index is 0.122. The molecule has 1 unspecified atom stereocenters. The molecule has 4 rings (SSSR count). The summed E-state index contributed by atoms with van der Waals surface area (Å²) in [5, 5.41) is 17.8. The average Bonchev–Trinajstić information content (AvgIpc) is 3.40. The number of esters is 2. The van der Waals surface area contributed by atoms with Crippen LogP contribution in [0, 0.1) is 5.92 Å². The summed E-state index contributed by atoms with van der Waals surface area (Å²) < 4.78 is 19.3. The van der Waals surface area contributed by atoms with Gasteiger partial charge in [-0.25, -0.2) is 4.21 Å². The Morgan fingerprint density at radius 1 is 0.451 bits per heavy atom. The van der Waals surface area contributed by atoms with E-state index in [0.717, 1.165) is 33.4 Å². The number of rotatable bonds is 13. The zero-order chi connectivity index (χ0) is 64.2. The number of aliphatic hydroxyl groups is 2. The molecule has 1 atom stereocenters. The number of carbonyl (C=O) groups is 5. The second-order valence-electron chi connectivity index (χ2n) is 22.7. The number of halogens is 2. The fraction of sp³-hybridized carbons (Fsp3) is 0.435. The number of allylic oxidation sites excluding steroid dienone is 10. The third kappa shape index (κ3) is 31.6. The number of carbonyl (C=O) groups excluding carboxylic acids is 5. The molecule has 0 aliphatic rings. The van der Waals surface area contributed by atoms with Crippen LogP contribution in [0.3, 0.4) is 0 Å². The Morgan fingerprint density at radius 3 is 0.976 bits per heavy atom. The smallest absolute Gasteiger partial charge is 0.317 e. The molecule has 0 aromatic heterocycles. The van der Waals surface area contributed by atoms with Crippen LogP contribution >= 0.6 is 21.4 Å². The van der Waals surface area contributed by atoms with Crippen molar-refractivity contribution in [2.45, 2.75) is 197 Å². The Kier molecular flexibility index (Phi) is 36.4. The summed E-state index contributed by atoms with van der Waals surface area (Å²) in [6.07, 6.45) is -0.353. The predicted molar refractivity (Wildman–Crippen MR) is 347 cm³/mol. The van der Waals surface area contributed by atoms with E-state index in [1.165, 1.54) is 55.7 Å². The Labute approximate surface area is 504 Å². The Bertz CT molecular complexity index is 2880. The number of ether oxygens (including phenoxy) is 2. The highest BCUT2D eigenvalue weighted by atomic mass is 36.0. The Balaban J connectivity index is 0. The van der Waals surface area contributed by atoms with Gasteiger partial charge in [-0.05, 0) is 202 Å². The molecular formula is C69H96Cl2O10S. The van der Waals surface area contributed by atoms with Crippen LogP contribution in [0.25, 0.3) is 22.3 Å². The number of hydrogen-bond donors (Lipinski definition) is 2. The molecule has 0 fully saturated rings. The van der Waals surface area contributed by atoms with E-state index in [1.54, 1.807) is 58.9 Å². The van der Waals surface area contributed by atoms with Crippen molar-refractivity contribution in [3.05, 3.63) is 175 Å². The Morgan fingerprint density at radius 2 is 0.732 bits per heavy atom. The van der Waals surface area contributed by atoms with Crippen LogP contribution in [0.5, 0.6) is 0 Å². The normalized spacial score (nSPS) is 10.8. The molecule has 0 spiro atoms. The van der Waals surface area contributed by atoms with Gasteiger partial charge in [0.25, 0.3) is 0 Å². The molecule has 4 aromatic carbocycles. The number of ketones is 3. The molecule has 0 bridgehead atoms. The van der Waals surface area contributed by atoms with E-state index < -0.39 is 33.0 Å². The highest BCUT2D eigenvalue weighted by Gasteiger charge is 2.28. The molecule has 4 aromatic rings.